The smallest absolute Gasteiger partial charge is 0.251 e. The standard InChI is InChI=1S/C20H25N3O3S/c24-19(8-9-21-20(25)16-5-2-1-3-6-16)22-15-17(18-7-4-14-27-18)23-10-12-26-13-11-23/h1-7,14,17H,8-13,15H2,(H,21,25)(H,22,24)/t17-/m0/s1. The average Bonchev–Trinajstić information content (AvgIpc) is 3.24. The zero-order chi connectivity index (χ0) is 18.9. The Morgan fingerprint density at radius 1 is 1.07 bits per heavy atom. The highest BCUT2D eigenvalue weighted by Gasteiger charge is 2.23. The Balaban J connectivity index is 1.44. The van der Waals surface area contributed by atoms with Gasteiger partial charge in [0, 0.05) is 43.0 Å². The van der Waals surface area contributed by atoms with Crippen LogP contribution in [-0.2, 0) is 9.53 Å². The first-order chi connectivity index (χ1) is 13.2. The topological polar surface area (TPSA) is 70.7 Å². The fourth-order valence-corrected chi connectivity index (χ4v) is 3.92. The summed E-state index contributed by atoms with van der Waals surface area (Å²) < 4.78 is 5.44. The lowest BCUT2D eigenvalue weighted by molar-refractivity contribution is -0.121. The van der Waals surface area contributed by atoms with E-state index in [2.05, 4.69) is 27.0 Å². The van der Waals surface area contributed by atoms with E-state index in [1.165, 1.54) is 4.88 Å². The summed E-state index contributed by atoms with van der Waals surface area (Å²) in [7, 11) is 0. The maximum Gasteiger partial charge on any atom is 0.251 e. The number of benzene rings is 1. The second kappa shape index (κ2) is 10.2. The van der Waals surface area contributed by atoms with Crippen LogP contribution in [0.15, 0.2) is 47.8 Å². The highest BCUT2D eigenvalue weighted by atomic mass is 32.1. The molecule has 3 rings (SSSR count). The van der Waals surface area contributed by atoms with Gasteiger partial charge in [-0.1, -0.05) is 24.3 Å². The molecule has 2 N–H and O–H groups in total. The normalized spacial score (nSPS) is 15.9. The minimum atomic E-state index is -0.159. The lowest BCUT2D eigenvalue weighted by Gasteiger charge is -2.34. The van der Waals surface area contributed by atoms with Gasteiger partial charge >= 0.3 is 0 Å². The molecular weight excluding hydrogens is 362 g/mol. The van der Waals surface area contributed by atoms with Crippen molar-refractivity contribution in [3.63, 3.8) is 0 Å². The maximum atomic E-state index is 12.2. The molecule has 1 atom stereocenters. The fraction of sp³-hybridized carbons (Fsp3) is 0.400. The minimum Gasteiger partial charge on any atom is -0.379 e. The molecule has 1 aliphatic heterocycles. The van der Waals surface area contributed by atoms with Gasteiger partial charge in [0.05, 0.1) is 19.3 Å². The van der Waals surface area contributed by atoms with E-state index < -0.39 is 0 Å². The molecule has 0 spiro atoms. The van der Waals surface area contributed by atoms with Crippen LogP contribution in [0.3, 0.4) is 0 Å². The van der Waals surface area contributed by atoms with Gasteiger partial charge in [-0.05, 0) is 23.6 Å². The highest BCUT2D eigenvalue weighted by molar-refractivity contribution is 7.10. The third kappa shape index (κ3) is 5.89. The predicted octanol–water partition coefficient (Wildman–Crippen LogP) is 2.06. The molecule has 1 fully saturated rings. The number of thiophene rings is 1. The van der Waals surface area contributed by atoms with E-state index in [1.807, 2.05) is 24.3 Å². The van der Waals surface area contributed by atoms with Crippen LogP contribution in [-0.4, -0.2) is 56.1 Å². The highest BCUT2D eigenvalue weighted by Crippen LogP contribution is 2.25. The van der Waals surface area contributed by atoms with Crippen molar-refractivity contribution in [1.29, 1.82) is 0 Å². The quantitative estimate of drug-likeness (QED) is 0.727. The Labute approximate surface area is 163 Å². The molecule has 1 aromatic carbocycles. The van der Waals surface area contributed by atoms with Crippen molar-refractivity contribution in [2.45, 2.75) is 12.5 Å². The molecule has 0 saturated carbocycles. The number of rotatable bonds is 8. The Bertz CT molecular complexity index is 715. The summed E-state index contributed by atoms with van der Waals surface area (Å²) in [6.45, 7) is 4.06. The van der Waals surface area contributed by atoms with Crippen molar-refractivity contribution in [3.05, 3.63) is 58.3 Å². The zero-order valence-electron chi connectivity index (χ0n) is 15.2. The minimum absolute atomic E-state index is 0.0572. The van der Waals surface area contributed by atoms with Crippen LogP contribution in [0.1, 0.15) is 27.7 Å². The molecule has 144 valence electrons. The van der Waals surface area contributed by atoms with Gasteiger partial charge in [0.2, 0.25) is 5.91 Å². The van der Waals surface area contributed by atoms with Gasteiger partial charge in [-0.25, -0.2) is 0 Å². The molecule has 0 aliphatic carbocycles. The number of hydrogen-bond acceptors (Lipinski definition) is 5. The van der Waals surface area contributed by atoms with Crippen molar-refractivity contribution in [1.82, 2.24) is 15.5 Å². The first-order valence-electron chi connectivity index (χ1n) is 9.19. The van der Waals surface area contributed by atoms with Crippen molar-refractivity contribution < 1.29 is 14.3 Å². The average molecular weight is 388 g/mol. The van der Waals surface area contributed by atoms with E-state index in [-0.39, 0.29) is 24.3 Å². The summed E-state index contributed by atoms with van der Waals surface area (Å²) in [4.78, 5) is 27.8. The fourth-order valence-electron chi connectivity index (χ4n) is 3.06. The van der Waals surface area contributed by atoms with E-state index in [9.17, 15) is 9.59 Å². The van der Waals surface area contributed by atoms with Gasteiger partial charge in [0.1, 0.15) is 0 Å². The lowest BCUT2D eigenvalue weighted by atomic mass is 10.2. The molecule has 0 bridgehead atoms. The van der Waals surface area contributed by atoms with Gasteiger partial charge < -0.3 is 15.4 Å². The molecule has 2 aromatic rings. The number of ether oxygens (including phenoxy) is 1. The molecule has 6 nitrogen and oxygen atoms in total. The van der Waals surface area contributed by atoms with Crippen LogP contribution in [0, 0.1) is 0 Å². The molecule has 7 heteroatoms. The molecule has 1 saturated heterocycles. The Hall–Kier alpha value is -2.22. The van der Waals surface area contributed by atoms with Gasteiger partial charge in [0.15, 0.2) is 0 Å². The second-order valence-electron chi connectivity index (χ2n) is 6.36. The van der Waals surface area contributed by atoms with E-state index >= 15 is 0 Å². The Morgan fingerprint density at radius 2 is 1.85 bits per heavy atom. The van der Waals surface area contributed by atoms with E-state index in [4.69, 9.17) is 4.74 Å². The number of hydrogen-bond donors (Lipinski definition) is 2. The largest absolute Gasteiger partial charge is 0.379 e. The first kappa shape index (κ1) is 19.5. The monoisotopic (exact) mass is 387 g/mol. The predicted molar refractivity (Wildman–Crippen MR) is 106 cm³/mol. The number of carbonyl (C=O) groups is 2. The molecule has 1 aromatic heterocycles. The zero-order valence-corrected chi connectivity index (χ0v) is 16.0. The molecular formula is C20H25N3O3S. The van der Waals surface area contributed by atoms with Gasteiger partial charge in [-0.3, -0.25) is 14.5 Å². The number of nitrogens with one attached hydrogen (secondary N) is 2. The molecule has 2 heterocycles. The van der Waals surface area contributed by atoms with Gasteiger partial charge in [-0.2, -0.15) is 0 Å². The van der Waals surface area contributed by atoms with E-state index in [0.717, 1.165) is 26.3 Å². The molecule has 2 amide bonds. The molecule has 27 heavy (non-hydrogen) atoms. The number of morpholine rings is 1. The van der Waals surface area contributed by atoms with Crippen LogP contribution in [0.4, 0.5) is 0 Å². The molecule has 0 unspecified atom stereocenters. The second-order valence-corrected chi connectivity index (χ2v) is 7.33. The van der Waals surface area contributed by atoms with Crippen molar-refractivity contribution in [2.75, 3.05) is 39.4 Å². The third-order valence-corrected chi connectivity index (χ3v) is 5.50. The number of nitrogens with zero attached hydrogens (tertiary/aromatic N) is 1. The first-order valence-corrected chi connectivity index (χ1v) is 10.1. The van der Waals surface area contributed by atoms with Crippen molar-refractivity contribution >= 4 is 23.2 Å². The summed E-state index contributed by atoms with van der Waals surface area (Å²) in [5.74, 6) is -0.216. The van der Waals surface area contributed by atoms with E-state index in [0.29, 0.717) is 18.7 Å². The summed E-state index contributed by atoms with van der Waals surface area (Å²) in [5.41, 5.74) is 0.600. The summed E-state index contributed by atoms with van der Waals surface area (Å²) in [5, 5.41) is 7.86. The summed E-state index contributed by atoms with van der Waals surface area (Å²) in [6, 6.07) is 13.3. The third-order valence-electron chi connectivity index (χ3n) is 4.52. The van der Waals surface area contributed by atoms with Crippen LogP contribution in [0.2, 0.25) is 0 Å². The molecule has 0 radical (unpaired) electrons. The van der Waals surface area contributed by atoms with Gasteiger partial charge in [0.25, 0.3) is 5.91 Å². The Morgan fingerprint density at radius 3 is 2.56 bits per heavy atom. The van der Waals surface area contributed by atoms with E-state index in [1.54, 1.807) is 23.5 Å². The van der Waals surface area contributed by atoms with Crippen LogP contribution < -0.4 is 10.6 Å². The number of carbonyl (C=O) groups excluding carboxylic acids is 2. The number of amides is 2. The lowest BCUT2D eigenvalue weighted by Crippen LogP contribution is -2.43. The van der Waals surface area contributed by atoms with Crippen molar-refractivity contribution in [2.24, 2.45) is 0 Å². The van der Waals surface area contributed by atoms with Crippen LogP contribution in [0.5, 0.6) is 0 Å². The molecule has 1 aliphatic rings. The van der Waals surface area contributed by atoms with Crippen LogP contribution in [0.25, 0.3) is 0 Å². The summed E-state index contributed by atoms with van der Waals surface area (Å²) >= 11 is 1.70. The maximum absolute atomic E-state index is 12.2. The van der Waals surface area contributed by atoms with Crippen molar-refractivity contribution in [3.8, 4) is 0 Å². The summed E-state index contributed by atoms with van der Waals surface area (Å²) in [6.07, 6.45) is 0.263. The van der Waals surface area contributed by atoms with Gasteiger partial charge in [-0.15, -0.1) is 11.3 Å². The van der Waals surface area contributed by atoms with Crippen LogP contribution >= 0.6 is 11.3 Å². The Kier molecular flexibility index (Phi) is 7.38. The SMILES string of the molecule is O=C(CCNC(=O)c1ccccc1)NC[C@@H](c1cccs1)N1CCOCC1.